The summed E-state index contributed by atoms with van der Waals surface area (Å²) in [5, 5.41) is 3.54. The lowest BCUT2D eigenvalue weighted by Gasteiger charge is -2.36. The van der Waals surface area contributed by atoms with Crippen molar-refractivity contribution in [2.75, 3.05) is 19.5 Å². The molecule has 4 nitrogen and oxygen atoms in total. The van der Waals surface area contributed by atoms with Gasteiger partial charge in [0.15, 0.2) is 0 Å². The van der Waals surface area contributed by atoms with Gasteiger partial charge in [-0.2, -0.15) is 0 Å². The molecule has 136 valence electrons. The minimum Gasteiger partial charge on any atom is -0.496 e. The number of nitrogens with one attached hydrogen (secondary N) is 1. The Hall–Kier alpha value is -2.53. The molecule has 4 rings (SSSR count). The molecule has 0 saturated heterocycles. The van der Waals surface area contributed by atoms with E-state index in [-0.39, 0.29) is 5.54 Å². The molecule has 2 aliphatic heterocycles. The molecular weight excluding hydrogens is 333 g/mol. The molecule has 2 aliphatic rings. The van der Waals surface area contributed by atoms with Crippen molar-refractivity contribution in [3.8, 4) is 22.6 Å². The molecule has 5 heteroatoms. The van der Waals surface area contributed by atoms with Gasteiger partial charge in [-0.3, -0.25) is 0 Å². The number of benzene rings is 2. The number of hydrogen-bond donors (Lipinski definition) is 1. The van der Waals surface area contributed by atoms with Crippen molar-refractivity contribution >= 4 is 11.3 Å². The first-order valence-corrected chi connectivity index (χ1v) is 8.57. The first-order chi connectivity index (χ1) is 12.3. The van der Waals surface area contributed by atoms with E-state index in [0.29, 0.717) is 11.5 Å². The van der Waals surface area contributed by atoms with Crippen LogP contribution in [0.5, 0.6) is 11.5 Å². The van der Waals surface area contributed by atoms with Crippen molar-refractivity contribution in [1.82, 2.24) is 0 Å². The Morgan fingerprint density at radius 3 is 2.62 bits per heavy atom. The minimum atomic E-state index is -0.620. The lowest BCUT2D eigenvalue weighted by molar-refractivity contribution is -0.0582. The van der Waals surface area contributed by atoms with Gasteiger partial charge in [0, 0.05) is 36.1 Å². The number of allylic oxidation sites excluding steroid dienone is 1. The van der Waals surface area contributed by atoms with Crippen LogP contribution in [0, 0.1) is 5.82 Å². The van der Waals surface area contributed by atoms with Gasteiger partial charge in [0.1, 0.15) is 17.3 Å². The molecule has 26 heavy (non-hydrogen) atoms. The van der Waals surface area contributed by atoms with Crippen molar-refractivity contribution in [2.24, 2.45) is 0 Å². The smallest absolute Gasteiger partial charge is 0.227 e. The lowest BCUT2D eigenvalue weighted by Crippen LogP contribution is -2.32. The first-order valence-electron chi connectivity index (χ1n) is 8.57. The molecule has 0 amide bonds. The fourth-order valence-corrected chi connectivity index (χ4v) is 4.03. The van der Waals surface area contributed by atoms with Crippen LogP contribution >= 0.6 is 0 Å². The zero-order valence-corrected chi connectivity index (χ0v) is 15.6. The summed E-state index contributed by atoms with van der Waals surface area (Å²) in [6.07, 6.45) is 1.57. The van der Waals surface area contributed by atoms with Gasteiger partial charge in [0.2, 0.25) is 6.29 Å². The Labute approximate surface area is 152 Å². The second kappa shape index (κ2) is 5.74. The van der Waals surface area contributed by atoms with E-state index >= 15 is 0 Å². The summed E-state index contributed by atoms with van der Waals surface area (Å²) >= 11 is 0. The van der Waals surface area contributed by atoms with Crippen molar-refractivity contribution in [2.45, 2.75) is 32.6 Å². The van der Waals surface area contributed by atoms with Crippen LogP contribution in [0.2, 0.25) is 0 Å². The highest BCUT2D eigenvalue weighted by molar-refractivity contribution is 5.91. The maximum atomic E-state index is 13.9. The van der Waals surface area contributed by atoms with Crippen LogP contribution in [0.25, 0.3) is 16.7 Å². The number of anilines is 1. The van der Waals surface area contributed by atoms with E-state index < -0.39 is 12.1 Å². The lowest BCUT2D eigenvalue weighted by atomic mass is 9.83. The summed E-state index contributed by atoms with van der Waals surface area (Å²) in [4.78, 5) is 0. The number of rotatable bonds is 2. The Morgan fingerprint density at radius 2 is 1.92 bits per heavy atom. The van der Waals surface area contributed by atoms with Gasteiger partial charge in [-0.1, -0.05) is 12.1 Å². The highest BCUT2D eigenvalue weighted by atomic mass is 19.1. The summed E-state index contributed by atoms with van der Waals surface area (Å²) in [5.74, 6) is 0.463. The molecule has 2 heterocycles. The van der Waals surface area contributed by atoms with Crippen LogP contribution in [0.4, 0.5) is 10.1 Å². The Morgan fingerprint density at radius 1 is 1.15 bits per heavy atom. The number of ether oxygens (including phenoxy) is 3. The van der Waals surface area contributed by atoms with Crippen LogP contribution in [-0.4, -0.2) is 19.8 Å². The molecule has 0 radical (unpaired) electrons. The van der Waals surface area contributed by atoms with Gasteiger partial charge in [0.25, 0.3) is 0 Å². The van der Waals surface area contributed by atoms with Gasteiger partial charge in [0.05, 0.1) is 18.2 Å². The molecule has 0 spiro atoms. The molecule has 0 saturated carbocycles. The topological polar surface area (TPSA) is 39.7 Å². The van der Waals surface area contributed by atoms with E-state index in [9.17, 15) is 4.39 Å². The molecule has 2 aromatic carbocycles. The van der Waals surface area contributed by atoms with E-state index in [0.717, 1.165) is 33.5 Å². The second-order valence-corrected chi connectivity index (χ2v) is 7.29. The van der Waals surface area contributed by atoms with Crippen molar-refractivity contribution in [3.05, 3.63) is 47.3 Å². The van der Waals surface area contributed by atoms with Crippen molar-refractivity contribution < 1.29 is 18.6 Å². The molecule has 1 N–H and O–H groups in total. The van der Waals surface area contributed by atoms with Crippen molar-refractivity contribution in [1.29, 1.82) is 0 Å². The molecule has 0 aromatic heterocycles. The number of halogens is 1. The van der Waals surface area contributed by atoms with Crippen LogP contribution < -0.4 is 14.8 Å². The van der Waals surface area contributed by atoms with Crippen LogP contribution in [-0.2, 0) is 4.74 Å². The standard InChI is InChI=1S/C21H22FNO3/c1-11-10-21(2,3)23-14-7-6-13-18-15(24-4)8-12(22)9-16(18)26-20(25-5)19(13)17(11)14/h6-10,20,23H,1-5H3. The van der Waals surface area contributed by atoms with Gasteiger partial charge in [-0.15, -0.1) is 0 Å². The highest BCUT2D eigenvalue weighted by Gasteiger charge is 2.35. The molecule has 1 unspecified atom stereocenters. The quantitative estimate of drug-likeness (QED) is 0.809. The number of hydrogen-bond acceptors (Lipinski definition) is 4. The fourth-order valence-electron chi connectivity index (χ4n) is 4.03. The Bertz CT molecular complexity index is 933. The third kappa shape index (κ3) is 2.46. The molecule has 0 aliphatic carbocycles. The van der Waals surface area contributed by atoms with E-state index in [4.69, 9.17) is 14.2 Å². The Balaban J connectivity index is 2.03. The zero-order chi connectivity index (χ0) is 18.6. The third-order valence-corrected chi connectivity index (χ3v) is 4.88. The van der Waals surface area contributed by atoms with Gasteiger partial charge < -0.3 is 19.5 Å². The van der Waals surface area contributed by atoms with Gasteiger partial charge >= 0.3 is 0 Å². The molecular formula is C21H22FNO3. The molecule has 0 fully saturated rings. The van der Waals surface area contributed by atoms with E-state index in [1.807, 2.05) is 6.07 Å². The maximum absolute atomic E-state index is 13.9. The van der Waals surface area contributed by atoms with E-state index in [2.05, 4.69) is 38.2 Å². The van der Waals surface area contributed by atoms with Gasteiger partial charge in [-0.05, 0) is 38.0 Å². The average molecular weight is 355 g/mol. The number of methoxy groups -OCH3 is 2. The molecule has 2 aromatic rings. The SMILES string of the molecule is COc1cc(F)cc2c1-c1ccc3c(c1C(OC)O2)C(C)=CC(C)(C)N3. The Kier molecular flexibility index (Phi) is 3.74. The van der Waals surface area contributed by atoms with Crippen LogP contribution in [0.1, 0.15) is 38.2 Å². The monoisotopic (exact) mass is 355 g/mol. The number of fused-ring (bicyclic) bond motifs is 5. The molecule has 1 atom stereocenters. The first kappa shape index (κ1) is 16.9. The predicted octanol–water partition coefficient (Wildman–Crippen LogP) is 5.15. The maximum Gasteiger partial charge on any atom is 0.227 e. The molecule has 0 bridgehead atoms. The predicted molar refractivity (Wildman–Crippen MR) is 100 cm³/mol. The highest BCUT2D eigenvalue weighted by Crippen LogP contribution is 2.52. The van der Waals surface area contributed by atoms with E-state index in [1.165, 1.54) is 19.2 Å². The largest absolute Gasteiger partial charge is 0.496 e. The fraction of sp³-hybridized carbons (Fsp3) is 0.333. The second-order valence-electron chi connectivity index (χ2n) is 7.29. The summed E-state index contributed by atoms with van der Waals surface area (Å²) in [6, 6.07) is 6.82. The van der Waals surface area contributed by atoms with Crippen LogP contribution in [0.3, 0.4) is 0 Å². The third-order valence-electron chi connectivity index (χ3n) is 4.88. The zero-order valence-electron chi connectivity index (χ0n) is 15.6. The van der Waals surface area contributed by atoms with E-state index in [1.54, 1.807) is 7.11 Å². The summed E-state index contributed by atoms with van der Waals surface area (Å²) in [7, 11) is 3.12. The van der Waals surface area contributed by atoms with Crippen molar-refractivity contribution in [3.63, 3.8) is 0 Å². The van der Waals surface area contributed by atoms with Gasteiger partial charge in [-0.25, -0.2) is 4.39 Å². The summed E-state index contributed by atoms with van der Waals surface area (Å²) in [5.41, 5.74) is 5.72. The minimum absolute atomic E-state index is 0.137. The van der Waals surface area contributed by atoms with Crippen LogP contribution in [0.15, 0.2) is 30.3 Å². The normalized spacial score (nSPS) is 19.3. The summed E-state index contributed by atoms with van der Waals surface area (Å²) in [6.45, 7) is 6.35. The summed E-state index contributed by atoms with van der Waals surface area (Å²) < 4.78 is 31.0. The average Bonchev–Trinajstić information content (AvgIpc) is 2.58.